The minimum Gasteiger partial charge on any atom is -0.480 e. The Labute approximate surface area is 204 Å². The molecule has 0 spiro atoms. The van der Waals surface area contributed by atoms with E-state index in [9.17, 15) is 19.5 Å². The molecule has 4 aromatic rings. The van der Waals surface area contributed by atoms with Crippen LogP contribution in [0.5, 0.6) is 0 Å². The van der Waals surface area contributed by atoms with E-state index in [1.165, 1.54) is 16.8 Å². The lowest BCUT2D eigenvalue weighted by Crippen LogP contribution is -2.35. The van der Waals surface area contributed by atoms with E-state index >= 15 is 0 Å². The summed E-state index contributed by atoms with van der Waals surface area (Å²) in [6, 6.07) is 12.3. The third kappa shape index (κ3) is 5.12. The van der Waals surface area contributed by atoms with Crippen molar-refractivity contribution in [1.82, 2.24) is 9.55 Å². The summed E-state index contributed by atoms with van der Waals surface area (Å²) in [6.45, 7) is -0.533. The second-order valence-corrected chi connectivity index (χ2v) is 8.77. The number of nitrogens with two attached hydrogens (primary N) is 1. The van der Waals surface area contributed by atoms with E-state index in [2.05, 4.69) is 4.98 Å². The molecule has 0 aliphatic carbocycles. The topological polar surface area (TPSA) is 142 Å². The minimum atomic E-state index is -1.16. The fraction of sp³-hybridized carbons (Fsp3) is 0.160. The summed E-state index contributed by atoms with van der Waals surface area (Å²) in [4.78, 5) is 42.7. The van der Waals surface area contributed by atoms with Crippen LogP contribution in [-0.4, -0.2) is 44.7 Å². The van der Waals surface area contributed by atoms with Gasteiger partial charge in [0.2, 0.25) is 0 Å². The molecule has 0 fully saturated rings. The number of nitrogens with one attached hydrogen (secondary N) is 1. The fourth-order valence-electron chi connectivity index (χ4n) is 3.89. The smallest absolute Gasteiger partial charge is 0.323 e. The molecule has 0 bridgehead atoms. The second-order valence-electron chi connectivity index (χ2n) is 8.05. The molecule has 1 amide bonds. The zero-order chi connectivity index (χ0) is 25.1. The molecular weight excluding hydrogens is 466 g/mol. The maximum Gasteiger partial charge on any atom is 0.323 e. The molecule has 0 saturated heterocycles. The molecule has 0 unspecified atom stereocenters. The summed E-state index contributed by atoms with van der Waals surface area (Å²) in [7, 11) is 1.83. The molecule has 0 aliphatic heterocycles. The third-order valence-electron chi connectivity index (χ3n) is 5.68. The van der Waals surface area contributed by atoms with E-state index in [4.69, 9.17) is 11.1 Å². The van der Waals surface area contributed by atoms with Gasteiger partial charge in [-0.25, -0.2) is 4.98 Å². The van der Waals surface area contributed by atoms with E-state index in [1.807, 2.05) is 23.7 Å². The molecule has 0 atom stereocenters. The molecule has 35 heavy (non-hydrogen) atoms. The number of amidine groups is 1. The number of aromatic nitrogens is 2. The number of hydrogen-bond acceptors (Lipinski definition) is 6. The Kier molecular flexibility index (Phi) is 6.74. The largest absolute Gasteiger partial charge is 0.480 e. The first-order valence-corrected chi connectivity index (χ1v) is 11.7. The maximum atomic E-state index is 13.1. The number of aryl methyl sites for hydroxylation is 2. The lowest BCUT2D eigenvalue weighted by Gasteiger charge is -2.20. The van der Waals surface area contributed by atoms with Crippen molar-refractivity contribution in [2.75, 3.05) is 11.4 Å². The summed E-state index contributed by atoms with van der Waals surface area (Å²) in [5.74, 6) is -1.76. The zero-order valence-corrected chi connectivity index (χ0v) is 19.7. The van der Waals surface area contributed by atoms with Gasteiger partial charge in [-0.2, -0.15) is 0 Å². The lowest BCUT2D eigenvalue weighted by molar-refractivity contribution is -0.135. The van der Waals surface area contributed by atoms with Crippen LogP contribution in [0.15, 0.2) is 59.6 Å². The van der Waals surface area contributed by atoms with Crippen molar-refractivity contribution in [2.45, 2.75) is 12.8 Å². The number of anilines is 1. The molecule has 0 saturated carbocycles. The molecule has 0 aliphatic rings. The number of nitrogen functional groups attached to an aromatic ring is 1. The van der Waals surface area contributed by atoms with Crippen LogP contribution >= 0.6 is 11.3 Å². The number of carbonyl (C=O) groups is 3. The predicted molar refractivity (Wildman–Crippen MR) is 134 cm³/mol. The summed E-state index contributed by atoms with van der Waals surface area (Å²) >= 11 is 1.25. The number of aliphatic carboxylic acids is 1. The summed E-state index contributed by atoms with van der Waals surface area (Å²) in [6.07, 6.45) is 2.53. The number of ketones is 1. The van der Waals surface area contributed by atoms with Crippen LogP contribution in [0.2, 0.25) is 0 Å². The number of benzene rings is 2. The number of carboxylic acids is 1. The highest BCUT2D eigenvalue weighted by Gasteiger charge is 2.23. The van der Waals surface area contributed by atoms with Crippen molar-refractivity contribution in [3.63, 3.8) is 0 Å². The van der Waals surface area contributed by atoms with E-state index in [1.54, 1.807) is 41.9 Å². The quantitative estimate of drug-likeness (QED) is 0.187. The van der Waals surface area contributed by atoms with Gasteiger partial charge in [0, 0.05) is 52.8 Å². The van der Waals surface area contributed by atoms with Crippen molar-refractivity contribution < 1.29 is 19.5 Å². The Morgan fingerprint density at radius 3 is 2.54 bits per heavy atom. The molecule has 4 N–H and O–H groups in total. The first-order valence-electron chi connectivity index (χ1n) is 10.7. The van der Waals surface area contributed by atoms with Crippen molar-refractivity contribution in [2.24, 2.45) is 12.8 Å². The van der Waals surface area contributed by atoms with Crippen LogP contribution in [0, 0.1) is 5.41 Å². The van der Waals surface area contributed by atoms with Gasteiger partial charge in [-0.1, -0.05) is 24.3 Å². The Hall–Kier alpha value is -4.31. The number of thiazole rings is 1. The number of Topliss-reactive ketones (excluding diaryl/α,β-unsaturated/α-hetero) is 1. The third-order valence-corrected chi connectivity index (χ3v) is 6.27. The van der Waals surface area contributed by atoms with Gasteiger partial charge in [-0.15, -0.1) is 11.3 Å². The second kappa shape index (κ2) is 9.90. The van der Waals surface area contributed by atoms with Gasteiger partial charge in [0.15, 0.2) is 5.78 Å². The van der Waals surface area contributed by atoms with Crippen LogP contribution in [0.4, 0.5) is 5.69 Å². The molecule has 2 aromatic carbocycles. The Morgan fingerprint density at radius 2 is 1.91 bits per heavy atom. The number of carbonyl (C=O) groups excluding carboxylic acids is 2. The summed E-state index contributed by atoms with van der Waals surface area (Å²) in [5.41, 5.74) is 10.4. The van der Waals surface area contributed by atoms with Crippen molar-refractivity contribution in [3.05, 3.63) is 81.9 Å². The average molecular weight is 490 g/mol. The fourth-order valence-corrected chi connectivity index (χ4v) is 4.41. The van der Waals surface area contributed by atoms with Crippen molar-refractivity contribution in [3.8, 4) is 0 Å². The van der Waals surface area contributed by atoms with Gasteiger partial charge in [-0.05, 0) is 30.2 Å². The molecule has 178 valence electrons. The van der Waals surface area contributed by atoms with Gasteiger partial charge in [0.1, 0.15) is 18.1 Å². The highest BCUT2D eigenvalue weighted by Crippen LogP contribution is 2.28. The van der Waals surface area contributed by atoms with Gasteiger partial charge >= 0.3 is 5.97 Å². The van der Waals surface area contributed by atoms with E-state index in [0.717, 1.165) is 16.0 Å². The Bertz CT molecular complexity index is 1420. The normalized spacial score (nSPS) is 10.9. The molecule has 2 heterocycles. The van der Waals surface area contributed by atoms with Crippen LogP contribution in [0.25, 0.3) is 10.9 Å². The van der Waals surface area contributed by atoms with Gasteiger partial charge in [0.25, 0.3) is 5.91 Å². The van der Waals surface area contributed by atoms with Crippen molar-refractivity contribution >= 4 is 51.4 Å². The van der Waals surface area contributed by atoms with Crippen molar-refractivity contribution in [1.29, 1.82) is 5.41 Å². The number of rotatable bonds is 9. The maximum absolute atomic E-state index is 13.1. The molecule has 9 nitrogen and oxygen atoms in total. The first kappa shape index (κ1) is 23.8. The van der Waals surface area contributed by atoms with E-state index in [0.29, 0.717) is 28.6 Å². The standard InChI is InChI=1S/C25H23N5O4S/c1-29-11-19(22(31)9-4-15-2-5-16(6-3-15)24(26)27)18-10-17(7-8-21(18)29)30(12-23(32)33)25(34)20-13-35-14-28-20/h2-3,5-8,10-11,13-14H,4,9,12H2,1H3,(H3,26,27)(H,32,33). The Morgan fingerprint density at radius 1 is 1.17 bits per heavy atom. The monoisotopic (exact) mass is 489 g/mol. The van der Waals surface area contributed by atoms with Gasteiger partial charge < -0.3 is 15.4 Å². The predicted octanol–water partition coefficient (Wildman–Crippen LogP) is 3.47. The Balaban J connectivity index is 1.62. The van der Waals surface area contributed by atoms with Crippen LogP contribution in [0.3, 0.4) is 0 Å². The van der Waals surface area contributed by atoms with E-state index < -0.39 is 18.4 Å². The number of amides is 1. The van der Waals surface area contributed by atoms with Crippen LogP contribution < -0.4 is 10.6 Å². The van der Waals surface area contributed by atoms with Gasteiger partial charge in [0.05, 0.1) is 5.51 Å². The summed E-state index contributed by atoms with van der Waals surface area (Å²) in [5, 5.41) is 19.1. The molecular formula is C25H23N5O4S. The van der Waals surface area contributed by atoms with Gasteiger partial charge in [-0.3, -0.25) is 24.7 Å². The van der Waals surface area contributed by atoms with E-state index in [-0.39, 0.29) is 23.7 Å². The molecule has 10 heteroatoms. The minimum absolute atomic E-state index is 0.00983. The lowest BCUT2D eigenvalue weighted by atomic mass is 10.0. The highest BCUT2D eigenvalue weighted by molar-refractivity contribution is 7.07. The first-order chi connectivity index (χ1) is 16.7. The number of fused-ring (bicyclic) bond motifs is 1. The number of nitrogens with zero attached hydrogens (tertiary/aromatic N) is 3. The SMILES string of the molecule is Cn1cc(C(=O)CCc2ccc(C(=N)N)cc2)c2cc(N(CC(=O)O)C(=O)c3cscn3)ccc21. The van der Waals surface area contributed by atoms with Crippen LogP contribution in [0.1, 0.15) is 38.4 Å². The number of hydrogen-bond donors (Lipinski definition) is 3. The van der Waals surface area contributed by atoms with Crippen LogP contribution in [-0.2, 0) is 18.3 Å². The highest BCUT2D eigenvalue weighted by atomic mass is 32.1. The zero-order valence-electron chi connectivity index (χ0n) is 18.9. The molecule has 4 rings (SSSR count). The number of carboxylic acid groups (broad SMARTS) is 1. The summed E-state index contributed by atoms with van der Waals surface area (Å²) < 4.78 is 1.83. The average Bonchev–Trinajstić information content (AvgIpc) is 3.49. The molecule has 0 radical (unpaired) electrons. The molecule has 2 aromatic heterocycles.